The van der Waals surface area contributed by atoms with Crippen molar-refractivity contribution in [3.8, 4) is 16.9 Å². The average Bonchev–Trinajstić information content (AvgIpc) is 3.06. The molecule has 4 aromatic rings. The van der Waals surface area contributed by atoms with E-state index in [1.165, 1.54) is 11.6 Å². The lowest BCUT2D eigenvalue weighted by Crippen LogP contribution is -2.37. The van der Waals surface area contributed by atoms with Crippen molar-refractivity contribution in [3.05, 3.63) is 85.5 Å². The maximum atomic E-state index is 13.0. The van der Waals surface area contributed by atoms with Crippen LogP contribution in [0.2, 0.25) is 0 Å². The van der Waals surface area contributed by atoms with E-state index in [9.17, 15) is 9.59 Å². The Kier molecular flexibility index (Phi) is 4.15. The molecule has 0 radical (unpaired) electrons. The highest BCUT2D eigenvalue weighted by atomic mass is 79.9. The molecule has 4 rings (SSSR count). The van der Waals surface area contributed by atoms with E-state index in [2.05, 4.69) is 15.9 Å². The second-order valence-electron chi connectivity index (χ2n) is 6.62. The normalized spacial score (nSPS) is 11.3. The van der Waals surface area contributed by atoms with Crippen molar-refractivity contribution >= 4 is 27.0 Å². The molecule has 0 N–H and O–H groups in total. The van der Waals surface area contributed by atoms with Crippen LogP contribution in [0.4, 0.5) is 0 Å². The number of aryl methyl sites for hydroxylation is 2. The Bertz CT molecular complexity index is 1290. The number of rotatable bonds is 2. The van der Waals surface area contributed by atoms with Crippen LogP contribution in [-0.4, -0.2) is 13.7 Å². The van der Waals surface area contributed by atoms with Crippen LogP contribution in [0, 0.1) is 6.92 Å². The van der Waals surface area contributed by atoms with Gasteiger partial charge in [0.25, 0.3) is 5.56 Å². The van der Waals surface area contributed by atoms with E-state index in [4.69, 9.17) is 0 Å². The molecule has 0 bridgehead atoms. The molecule has 2 aromatic carbocycles. The first kappa shape index (κ1) is 17.5. The average molecular weight is 424 g/mol. The summed E-state index contributed by atoms with van der Waals surface area (Å²) in [5.41, 5.74) is 4.26. The maximum Gasteiger partial charge on any atom is 0.331 e. The van der Waals surface area contributed by atoms with Crippen LogP contribution in [0.1, 0.15) is 5.56 Å². The topological polar surface area (TPSA) is 48.9 Å². The molecular formula is C21H18BrN3O2. The predicted octanol–water partition coefficient (Wildman–Crippen LogP) is 3.77. The Morgan fingerprint density at radius 2 is 1.56 bits per heavy atom. The molecule has 0 spiro atoms. The number of nitrogens with zero attached hydrogens (tertiary/aromatic N) is 3. The number of benzene rings is 2. The number of para-hydroxylation sites is 1. The van der Waals surface area contributed by atoms with Gasteiger partial charge in [0.15, 0.2) is 0 Å². The molecule has 6 heteroatoms. The number of halogens is 1. The Labute approximate surface area is 164 Å². The summed E-state index contributed by atoms with van der Waals surface area (Å²) >= 11 is 3.60. The van der Waals surface area contributed by atoms with Gasteiger partial charge in [-0.2, -0.15) is 0 Å². The molecule has 0 saturated heterocycles. The largest absolute Gasteiger partial charge is 0.331 e. The summed E-state index contributed by atoms with van der Waals surface area (Å²) in [6.45, 7) is 2.03. The van der Waals surface area contributed by atoms with Gasteiger partial charge in [0, 0.05) is 18.6 Å². The minimum atomic E-state index is -0.341. The predicted molar refractivity (Wildman–Crippen MR) is 112 cm³/mol. The van der Waals surface area contributed by atoms with Crippen molar-refractivity contribution < 1.29 is 0 Å². The van der Waals surface area contributed by atoms with E-state index >= 15 is 0 Å². The van der Waals surface area contributed by atoms with Crippen LogP contribution in [0.15, 0.2) is 68.7 Å². The van der Waals surface area contributed by atoms with Gasteiger partial charge < -0.3 is 4.57 Å². The number of hydrogen-bond donors (Lipinski definition) is 0. The van der Waals surface area contributed by atoms with Gasteiger partial charge in [0.1, 0.15) is 5.52 Å². The van der Waals surface area contributed by atoms with Crippen molar-refractivity contribution in [2.75, 3.05) is 0 Å². The highest BCUT2D eigenvalue weighted by molar-refractivity contribution is 9.10. The van der Waals surface area contributed by atoms with Gasteiger partial charge in [0.2, 0.25) is 0 Å². The van der Waals surface area contributed by atoms with Crippen LogP contribution in [0.25, 0.3) is 28.0 Å². The Hall–Kier alpha value is -2.86. The van der Waals surface area contributed by atoms with E-state index in [0.717, 1.165) is 31.5 Å². The third-order valence-corrected chi connectivity index (χ3v) is 5.53. The molecule has 0 aliphatic rings. The molecule has 0 fully saturated rings. The van der Waals surface area contributed by atoms with Gasteiger partial charge in [-0.3, -0.25) is 13.9 Å². The molecule has 136 valence electrons. The summed E-state index contributed by atoms with van der Waals surface area (Å²) in [5, 5.41) is 0. The van der Waals surface area contributed by atoms with Crippen LogP contribution in [0.5, 0.6) is 0 Å². The van der Waals surface area contributed by atoms with Crippen molar-refractivity contribution in [2.24, 2.45) is 14.1 Å². The Balaban J connectivity index is 2.23. The summed E-state index contributed by atoms with van der Waals surface area (Å²) < 4.78 is 5.45. The molecule has 2 aromatic heterocycles. The molecule has 0 aliphatic carbocycles. The fourth-order valence-electron chi connectivity index (χ4n) is 3.35. The minimum absolute atomic E-state index is 0.317. The summed E-state index contributed by atoms with van der Waals surface area (Å²) in [4.78, 5) is 25.4. The number of hydrogen-bond acceptors (Lipinski definition) is 2. The molecule has 0 unspecified atom stereocenters. The van der Waals surface area contributed by atoms with Gasteiger partial charge in [-0.15, -0.1) is 0 Å². The smallest absolute Gasteiger partial charge is 0.302 e. The van der Waals surface area contributed by atoms with Crippen LogP contribution >= 0.6 is 15.9 Å². The SMILES string of the molecule is Cc1ccc(-c2cc3c(c(=O)n(C)c(=O)n3C)n2-c2ccccc2Br)cc1. The second-order valence-corrected chi connectivity index (χ2v) is 7.48. The number of aromatic nitrogens is 3. The summed E-state index contributed by atoms with van der Waals surface area (Å²) in [7, 11) is 3.19. The summed E-state index contributed by atoms with van der Waals surface area (Å²) in [6.07, 6.45) is 0. The molecular weight excluding hydrogens is 406 g/mol. The zero-order valence-electron chi connectivity index (χ0n) is 15.2. The quantitative estimate of drug-likeness (QED) is 0.492. The molecule has 5 nitrogen and oxygen atoms in total. The van der Waals surface area contributed by atoms with Crippen molar-refractivity contribution in [1.29, 1.82) is 0 Å². The first-order valence-electron chi connectivity index (χ1n) is 8.53. The van der Waals surface area contributed by atoms with Gasteiger partial charge in [-0.05, 0) is 46.6 Å². The van der Waals surface area contributed by atoms with Gasteiger partial charge in [-0.25, -0.2) is 4.79 Å². The fraction of sp³-hybridized carbons (Fsp3) is 0.143. The van der Waals surface area contributed by atoms with Gasteiger partial charge in [-0.1, -0.05) is 42.0 Å². The molecule has 2 heterocycles. The van der Waals surface area contributed by atoms with E-state index in [1.54, 1.807) is 7.05 Å². The van der Waals surface area contributed by atoms with E-state index in [0.29, 0.717) is 11.0 Å². The highest BCUT2D eigenvalue weighted by Crippen LogP contribution is 2.32. The Morgan fingerprint density at radius 3 is 2.22 bits per heavy atom. The first-order valence-corrected chi connectivity index (χ1v) is 9.33. The Morgan fingerprint density at radius 1 is 0.889 bits per heavy atom. The van der Waals surface area contributed by atoms with E-state index < -0.39 is 0 Å². The third-order valence-electron chi connectivity index (χ3n) is 4.86. The highest BCUT2D eigenvalue weighted by Gasteiger charge is 2.20. The van der Waals surface area contributed by atoms with Crippen molar-refractivity contribution in [3.63, 3.8) is 0 Å². The van der Waals surface area contributed by atoms with Gasteiger partial charge in [0.05, 0.1) is 16.9 Å². The van der Waals surface area contributed by atoms with E-state index in [-0.39, 0.29) is 11.2 Å². The molecule has 0 aliphatic heterocycles. The lowest BCUT2D eigenvalue weighted by atomic mass is 10.1. The summed E-state index contributed by atoms with van der Waals surface area (Å²) in [5.74, 6) is 0. The fourth-order valence-corrected chi connectivity index (χ4v) is 3.81. The first-order chi connectivity index (χ1) is 12.9. The lowest BCUT2D eigenvalue weighted by Gasteiger charge is -2.13. The zero-order chi connectivity index (χ0) is 19.3. The van der Waals surface area contributed by atoms with Crippen LogP contribution in [0.3, 0.4) is 0 Å². The van der Waals surface area contributed by atoms with Crippen molar-refractivity contribution in [2.45, 2.75) is 6.92 Å². The van der Waals surface area contributed by atoms with Gasteiger partial charge >= 0.3 is 5.69 Å². The van der Waals surface area contributed by atoms with Crippen LogP contribution < -0.4 is 11.2 Å². The molecule has 0 atom stereocenters. The monoisotopic (exact) mass is 423 g/mol. The minimum Gasteiger partial charge on any atom is -0.302 e. The van der Waals surface area contributed by atoms with Crippen molar-refractivity contribution in [1.82, 2.24) is 13.7 Å². The standard InChI is InChI=1S/C21H18BrN3O2/c1-13-8-10-14(11-9-13)17-12-18-19(20(26)24(3)21(27)23(18)2)25(17)16-7-5-4-6-15(16)22/h4-12H,1-3H3. The molecule has 27 heavy (non-hydrogen) atoms. The van der Waals surface area contributed by atoms with Crippen LogP contribution in [-0.2, 0) is 14.1 Å². The maximum absolute atomic E-state index is 13.0. The lowest BCUT2D eigenvalue weighted by molar-refractivity contribution is 0.711. The zero-order valence-corrected chi connectivity index (χ0v) is 16.8. The second kappa shape index (κ2) is 6.39. The number of fused-ring (bicyclic) bond motifs is 1. The summed E-state index contributed by atoms with van der Waals surface area (Å²) in [6, 6.07) is 17.8. The third kappa shape index (κ3) is 2.68. The van der Waals surface area contributed by atoms with E-state index in [1.807, 2.05) is 66.1 Å². The molecule has 0 amide bonds. The molecule has 0 saturated carbocycles.